The molecule has 7 nitrogen and oxygen atoms in total. The Morgan fingerprint density at radius 2 is 0.873 bits per heavy atom. The van der Waals surface area contributed by atoms with Gasteiger partial charge in [-0.3, -0.25) is 0 Å². The molecule has 0 amide bonds. The SMILES string of the molecule is OB(O)c1cc(-c2nc(-c3cccc4c3oc3ccccc34)nc(-c3cccc4c3oc3ccccc34)n2)cc(-c2cc3ccccc3c3ccccc23)c1. The molecule has 11 aromatic rings. The van der Waals surface area contributed by atoms with Crippen molar-refractivity contribution < 1.29 is 18.9 Å². The van der Waals surface area contributed by atoms with Gasteiger partial charge in [0.2, 0.25) is 0 Å². The van der Waals surface area contributed by atoms with Crippen molar-refractivity contribution in [1.29, 1.82) is 0 Å². The van der Waals surface area contributed by atoms with Crippen LogP contribution in [0.2, 0.25) is 0 Å². The van der Waals surface area contributed by atoms with Gasteiger partial charge in [-0.1, -0.05) is 121 Å². The van der Waals surface area contributed by atoms with Crippen LogP contribution in [0.15, 0.2) is 167 Å². The first-order valence-electron chi connectivity index (χ1n) is 18.1. The van der Waals surface area contributed by atoms with E-state index in [9.17, 15) is 10.0 Å². The zero-order valence-corrected chi connectivity index (χ0v) is 29.1. The molecule has 0 unspecified atom stereocenters. The predicted octanol–water partition coefficient (Wildman–Crippen LogP) is 10.3. The van der Waals surface area contributed by atoms with E-state index in [-0.39, 0.29) is 0 Å². The Kier molecular flexibility index (Phi) is 6.97. The quantitative estimate of drug-likeness (QED) is 0.135. The van der Waals surface area contributed by atoms with Crippen molar-refractivity contribution in [3.05, 3.63) is 158 Å². The average Bonchev–Trinajstić information content (AvgIpc) is 3.82. The first kappa shape index (κ1) is 31.4. The van der Waals surface area contributed by atoms with Gasteiger partial charge in [-0.2, -0.15) is 0 Å². The highest BCUT2D eigenvalue weighted by Gasteiger charge is 2.22. The van der Waals surface area contributed by atoms with Crippen molar-refractivity contribution in [1.82, 2.24) is 15.0 Å². The minimum Gasteiger partial charge on any atom is -0.455 e. The molecule has 0 radical (unpaired) electrons. The smallest absolute Gasteiger partial charge is 0.455 e. The van der Waals surface area contributed by atoms with Gasteiger partial charge in [-0.25, -0.2) is 15.0 Å². The standard InChI is InChI=1S/C47H28BN3O4/c52-48(53)30-24-28(40-26-27-11-1-2-12-31(27)32-13-3-4-14-33(32)40)23-29(25-30)45-49-46(38-19-9-17-36-34-15-5-7-21-41(34)54-43(36)38)51-47(50-45)39-20-10-18-37-35-16-6-8-22-42(35)55-44(37)39/h1-26,52-53H. The highest BCUT2D eigenvalue weighted by atomic mass is 16.4. The van der Waals surface area contributed by atoms with E-state index in [0.29, 0.717) is 50.8 Å². The summed E-state index contributed by atoms with van der Waals surface area (Å²) < 4.78 is 12.9. The average molecular weight is 710 g/mol. The molecular formula is C47H28BN3O4. The zero-order chi connectivity index (χ0) is 36.6. The maximum Gasteiger partial charge on any atom is 0.488 e. The summed E-state index contributed by atoms with van der Waals surface area (Å²) >= 11 is 0. The Bertz CT molecular complexity index is 3200. The largest absolute Gasteiger partial charge is 0.488 e. The van der Waals surface area contributed by atoms with Crippen molar-refractivity contribution in [3.8, 4) is 45.3 Å². The monoisotopic (exact) mass is 709 g/mol. The van der Waals surface area contributed by atoms with Gasteiger partial charge in [0, 0.05) is 27.1 Å². The van der Waals surface area contributed by atoms with E-state index >= 15 is 0 Å². The first-order chi connectivity index (χ1) is 27.1. The van der Waals surface area contributed by atoms with Crippen LogP contribution >= 0.6 is 0 Å². The molecule has 3 aromatic heterocycles. The lowest BCUT2D eigenvalue weighted by Gasteiger charge is -2.14. The summed E-state index contributed by atoms with van der Waals surface area (Å²) in [6, 6.07) is 52.1. The summed E-state index contributed by atoms with van der Waals surface area (Å²) in [6.45, 7) is 0. The molecular weight excluding hydrogens is 681 g/mol. The molecule has 3 heterocycles. The number of benzene rings is 8. The van der Waals surface area contributed by atoms with Crippen LogP contribution in [0.5, 0.6) is 0 Å². The van der Waals surface area contributed by atoms with E-state index in [1.54, 1.807) is 6.07 Å². The number of para-hydroxylation sites is 4. The summed E-state index contributed by atoms with van der Waals surface area (Å²) in [6.07, 6.45) is 0. The van der Waals surface area contributed by atoms with Crippen LogP contribution in [0, 0.1) is 0 Å². The van der Waals surface area contributed by atoms with E-state index in [4.69, 9.17) is 23.8 Å². The third-order valence-corrected chi connectivity index (χ3v) is 10.5. The van der Waals surface area contributed by atoms with Gasteiger partial charge in [0.1, 0.15) is 22.3 Å². The Morgan fingerprint density at radius 1 is 0.382 bits per heavy atom. The van der Waals surface area contributed by atoms with Crippen molar-refractivity contribution in [2.75, 3.05) is 0 Å². The second-order valence-corrected chi connectivity index (χ2v) is 13.8. The van der Waals surface area contributed by atoms with Crippen LogP contribution in [0.4, 0.5) is 0 Å². The fourth-order valence-electron chi connectivity index (χ4n) is 7.97. The molecule has 0 spiro atoms. The maximum atomic E-state index is 10.7. The molecule has 0 aliphatic heterocycles. The lowest BCUT2D eigenvalue weighted by atomic mass is 9.77. The van der Waals surface area contributed by atoms with Gasteiger partial charge in [0.05, 0.1) is 11.1 Å². The van der Waals surface area contributed by atoms with Crippen LogP contribution in [0.1, 0.15) is 0 Å². The molecule has 0 fully saturated rings. The van der Waals surface area contributed by atoms with Crippen LogP contribution in [-0.2, 0) is 0 Å². The number of rotatable bonds is 5. The molecule has 258 valence electrons. The van der Waals surface area contributed by atoms with Crippen LogP contribution in [-0.4, -0.2) is 32.1 Å². The third-order valence-electron chi connectivity index (χ3n) is 10.5. The number of hydrogen-bond acceptors (Lipinski definition) is 7. The molecule has 0 aliphatic rings. The highest BCUT2D eigenvalue weighted by molar-refractivity contribution is 6.59. The van der Waals surface area contributed by atoms with Gasteiger partial charge in [0.25, 0.3) is 0 Å². The number of furan rings is 2. The second kappa shape index (κ2) is 12.2. The molecule has 2 N–H and O–H groups in total. The zero-order valence-electron chi connectivity index (χ0n) is 29.1. The highest BCUT2D eigenvalue weighted by Crippen LogP contribution is 2.40. The number of fused-ring (bicyclic) bond motifs is 9. The molecule has 8 heteroatoms. The Morgan fingerprint density at radius 3 is 1.49 bits per heavy atom. The van der Waals surface area contributed by atoms with Crippen molar-refractivity contribution >= 4 is 78.0 Å². The molecule has 0 bridgehead atoms. The van der Waals surface area contributed by atoms with Crippen LogP contribution in [0.3, 0.4) is 0 Å². The maximum absolute atomic E-state index is 10.7. The summed E-state index contributed by atoms with van der Waals surface area (Å²) in [5.74, 6) is 1.17. The number of hydrogen-bond donors (Lipinski definition) is 2. The van der Waals surface area contributed by atoms with Crippen LogP contribution < -0.4 is 5.46 Å². The van der Waals surface area contributed by atoms with Crippen molar-refractivity contribution in [2.24, 2.45) is 0 Å². The molecule has 0 saturated heterocycles. The minimum absolute atomic E-state index is 0.312. The van der Waals surface area contributed by atoms with Crippen molar-refractivity contribution in [3.63, 3.8) is 0 Å². The first-order valence-corrected chi connectivity index (χ1v) is 18.1. The molecule has 0 atom stereocenters. The number of nitrogens with zero attached hydrogens (tertiary/aromatic N) is 3. The van der Waals surface area contributed by atoms with Gasteiger partial charge in [-0.15, -0.1) is 0 Å². The van der Waals surface area contributed by atoms with E-state index in [2.05, 4.69) is 30.3 Å². The molecule has 0 aliphatic carbocycles. The van der Waals surface area contributed by atoms with Gasteiger partial charge >= 0.3 is 7.12 Å². The predicted molar refractivity (Wildman–Crippen MR) is 221 cm³/mol. The summed E-state index contributed by atoms with van der Waals surface area (Å²) in [7, 11) is -1.74. The van der Waals surface area contributed by atoms with Gasteiger partial charge in [0.15, 0.2) is 17.5 Å². The Hall–Kier alpha value is -7.13. The lowest BCUT2D eigenvalue weighted by Crippen LogP contribution is -2.30. The fraction of sp³-hybridized carbons (Fsp3) is 0. The summed E-state index contributed by atoms with van der Waals surface area (Å²) in [4.78, 5) is 15.3. The van der Waals surface area contributed by atoms with Crippen molar-refractivity contribution in [2.45, 2.75) is 0 Å². The van der Waals surface area contributed by atoms with E-state index in [1.807, 2.05) is 121 Å². The lowest BCUT2D eigenvalue weighted by molar-refractivity contribution is 0.426. The molecule has 0 saturated carbocycles. The van der Waals surface area contributed by atoms with Gasteiger partial charge < -0.3 is 18.9 Å². The van der Waals surface area contributed by atoms with Crippen LogP contribution in [0.25, 0.3) is 111 Å². The van der Waals surface area contributed by atoms with E-state index in [1.165, 1.54) is 0 Å². The van der Waals surface area contributed by atoms with E-state index in [0.717, 1.165) is 65.4 Å². The molecule has 8 aromatic carbocycles. The third kappa shape index (κ3) is 5.04. The normalized spacial score (nSPS) is 11.8. The summed E-state index contributed by atoms with van der Waals surface area (Å²) in [5, 5.41) is 29.6. The fourth-order valence-corrected chi connectivity index (χ4v) is 7.97. The Balaban J connectivity index is 1.19. The second-order valence-electron chi connectivity index (χ2n) is 13.8. The molecule has 55 heavy (non-hydrogen) atoms. The molecule has 11 rings (SSSR count). The van der Waals surface area contributed by atoms with E-state index < -0.39 is 7.12 Å². The Labute approximate surface area is 313 Å². The topological polar surface area (TPSA) is 105 Å². The minimum atomic E-state index is -1.74. The number of aromatic nitrogens is 3. The van der Waals surface area contributed by atoms with Gasteiger partial charge in [-0.05, 0) is 74.5 Å². The summed E-state index contributed by atoms with van der Waals surface area (Å²) in [5.41, 5.74) is 6.92.